The molecule has 6 heteroatoms. The number of aromatic nitrogens is 5. The minimum Gasteiger partial charge on any atom is -0.370 e. The summed E-state index contributed by atoms with van der Waals surface area (Å²) >= 11 is 0. The molecule has 0 amide bonds. The summed E-state index contributed by atoms with van der Waals surface area (Å²) in [4.78, 5) is 13.3. The number of anilines is 1. The van der Waals surface area contributed by atoms with E-state index >= 15 is 0 Å². The van der Waals surface area contributed by atoms with Gasteiger partial charge in [0.1, 0.15) is 23.3 Å². The summed E-state index contributed by atoms with van der Waals surface area (Å²) in [5.74, 6) is 4.00. The monoisotopic (exact) mass is 260 g/mol. The molecule has 0 unspecified atom stereocenters. The first-order valence-electron chi connectivity index (χ1n) is 6.66. The van der Waals surface area contributed by atoms with Gasteiger partial charge in [-0.1, -0.05) is 13.8 Å². The van der Waals surface area contributed by atoms with E-state index in [-0.39, 0.29) is 0 Å². The molecule has 0 saturated carbocycles. The zero-order valence-corrected chi connectivity index (χ0v) is 11.9. The van der Waals surface area contributed by atoms with E-state index in [1.165, 1.54) is 0 Å². The first-order valence-corrected chi connectivity index (χ1v) is 6.66. The summed E-state index contributed by atoms with van der Waals surface area (Å²) < 4.78 is 1.76. The molecular weight excluding hydrogens is 240 g/mol. The van der Waals surface area contributed by atoms with Crippen LogP contribution in [-0.4, -0.2) is 31.3 Å². The second kappa shape index (κ2) is 5.77. The normalized spacial score (nSPS) is 10.7. The minimum atomic E-state index is 0.747. The van der Waals surface area contributed by atoms with Crippen molar-refractivity contribution < 1.29 is 0 Å². The number of hydrogen-bond acceptors (Lipinski definition) is 5. The number of rotatable bonds is 5. The van der Waals surface area contributed by atoms with Crippen molar-refractivity contribution in [2.24, 2.45) is 0 Å². The fraction of sp³-hybridized carbons (Fsp3) is 0.538. The molecule has 0 atom stereocenters. The third kappa shape index (κ3) is 3.07. The number of hydrogen-bond donors (Lipinski definition) is 1. The highest BCUT2D eigenvalue weighted by Gasteiger charge is 2.09. The summed E-state index contributed by atoms with van der Waals surface area (Å²) in [6.45, 7) is 8.87. The summed E-state index contributed by atoms with van der Waals surface area (Å²) in [5.41, 5.74) is 0. The second-order valence-electron chi connectivity index (χ2n) is 4.43. The second-order valence-corrected chi connectivity index (χ2v) is 4.43. The summed E-state index contributed by atoms with van der Waals surface area (Å²) in [7, 11) is 0. The van der Waals surface area contributed by atoms with Gasteiger partial charge in [-0.2, -0.15) is 4.68 Å². The van der Waals surface area contributed by atoms with E-state index in [1.54, 1.807) is 4.68 Å². The molecule has 0 aromatic carbocycles. The molecule has 19 heavy (non-hydrogen) atoms. The van der Waals surface area contributed by atoms with Crippen molar-refractivity contribution in [3.05, 3.63) is 23.5 Å². The van der Waals surface area contributed by atoms with E-state index in [9.17, 15) is 0 Å². The zero-order chi connectivity index (χ0) is 13.8. The van der Waals surface area contributed by atoms with Gasteiger partial charge in [-0.25, -0.2) is 15.0 Å². The van der Waals surface area contributed by atoms with Crippen LogP contribution in [0.4, 0.5) is 5.82 Å². The van der Waals surface area contributed by atoms with Crippen molar-refractivity contribution >= 4 is 5.82 Å². The van der Waals surface area contributed by atoms with Gasteiger partial charge in [-0.05, 0) is 20.3 Å². The topological polar surface area (TPSA) is 68.5 Å². The molecule has 2 aromatic heterocycles. The largest absolute Gasteiger partial charge is 0.370 e. The third-order valence-electron chi connectivity index (χ3n) is 2.72. The Morgan fingerprint density at radius 3 is 2.53 bits per heavy atom. The Hall–Kier alpha value is -1.98. The average Bonchev–Trinajstić information content (AvgIpc) is 2.75. The lowest BCUT2D eigenvalue weighted by molar-refractivity contribution is 0.780. The molecule has 0 saturated heterocycles. The molecule has 102 valence electrons. The molecule has 2 aromatic rings. The Balaban J connectivity index is 2.41. The SMILES string of the molecule is CCCNc1cc(-n2nc(C)nc2C)nc(CC)n1. The Morgan fingerprint density at radius 2 is 1.95 bits per heavy atom. The Morgan fingerprint density at radius 1 is 1.16 bits per heavy atom. The Labute approximate surface area is 113 Å². The van der Waals surface area contributed by atoms with E-state index in [0.29, 0.717) is 0 Å². The first kappa shape index (κ1) is 13.5. The van der Waals surface area contributed by atoms with Crippen molar-refractivity contribution in [2.45, 2.75) is 40.5 Å². The van der Waals surface area contributed by atoms with Crippen molar-refractivity contribution in [2.75, 3.05) is 11.9 Å². The lowest BCUT2D eigenvalue weighted by atomic mass is 10.4. The predicted molar refractivity (Wildman–Crippen MR) is 74.6 cm³/mol. The maximum Gasteiger partial charge on any atom is 0.161 e. The molecule has 2 heterocycles. The van der Waals surface area contributed by atoms with Gasteiger partial charge in [0, 0.05) is 19.0 Å². The summed E-state index contributed by atoms with van der Waals surface area (Å²) in [6, 6.07) is 1.91. The lowest BCUT2D eigenvalue weighted by Gasteiger charge is -2.09. The molecule has 0 aliphatic rings. The van der Waals surface area contributed by atoms with Gasteiger partial charge in [0.2, 0.25) is 0 Å². The van der Waals surface area contributed by atoms with Gasteiger partial charge in [0.05, 0.1) is 0 Å². The molecule has 0 radical (unpaired) electrons. The van der Waals surface area contributed by atoms with E-state index in [0.717, 1.165) is 48.5 Å². The van der Waals surface area contributed by atoms with E-state index in [4.69, 9.17) is 0 Å². The van der Waals surface area contributed by atoms with E-state index in [2.05, 4.69) is 32.3 Å². The number of nitrogens with zero attached hydrogens (tertiary/aromatic N) is 5. The quantitative estimate of drug-likeness (QED) is 0.891. The van der Waals surface area contributed by atoms with Gasteiger partial charge in [-0.3, -0.25) is 0 Å². The molecular formula is C13H20N6. The third-order valence-corrected chi connectivity index (χ3v) is 2.72. The van der Waals surface area contributed by atoms with Crippen LogP contribution in [0.1, 0.15) is 37.7 Å². The van der Waals surface area contributed by atoms with Crippen molar-refractivity contribution in [1.29, 1.82) is 0 Å². The fourth-order valence-corrected chi connectivity index (χ4v) is 1.83. The maximum absolute atomic E-state index is 4.51. The molecule has 6 nitrogen and oxygen atoms in total. The highest BCUT2D eigenvalue weighted by atomic mass is 15.4. The van der Waals surface area contributed by atoms with E-state index < -0.39 is 0 Å². The van der Waals surface area contributed by atoms with Gasteiger partial charge in [-0.15, -0.1) is 5.10 Å². The first-order chi connectivity index (χ1) is 9.13. The zero-order valence-electron chi connectivity index (χ0n) is 11.9. The van der Waals surface area contributed by atoms with Crippen LogP contribution in [0.2, 0.25) is 0 Å². The predicted octanol–water partition coefficient (Wildman–Crippen LogP) is 2.06. The van der Waals surface area contributed by atoms with Crippen LogP contribution < -0.4 is 5.32 Å². The smallest absolute Gasteiger partial charge is 0.161 e. The molecule has 0 aliphatic carbocycles. The van der Waals surface area contributed by atoms with Crippen molar-refractivity contribution in [3.8, 4) is 5.82 Å². The van der Waals surface area contributed by atoms with E-state index in [1.807, 2.05) is 26.8 Å². The molecule has 0 spiro atoms. The maximum atomic E-state index is 4.51. The van der Waals surface area contributed by atoms with Gasteiger partial charge >= 0.3 is 0 Å². The van der Waals surface area contributed by atoms with Crippen molar-refractivity contribution in [1.82, 2.24) is 24.7 Å². The summed E-state index contributed by atoms with van der Waals surface area (Å²) in [5, 5.41) is 7.66. The van der Waals surface area contributed by atoms with Crippen LogP contribution >= 0.6 is 0 Å². The number of aryl methyl sites for hydroxylation is 3. The van der Waals surface area contributed by atoms with Crippen LogP contribution in [0.15, 0.2) is 6.07 Å². The van der Waals surface area contributed by atoms with Crippen LogP contribution in [0, 0.1) is 13.8 Å². The molecule has 0 bridgehead atoms. The van der Waals surface area contributed by atoms with Crippen LogP contribution in [0.3, 0.4) is 0 Å². The average molecular weight is 260 g/mol. The molecule has 0 aliphatic heterocycles. The fourth-order valence-electron chi connectivity index (χ4n) is 1.83. The Bertz CT molecular complexity index is 560. The molecule has 2 rings (SSSR count). The van der Waals surface area contributed by atoms with Crippen molar-refractivity contribution in [3.63, 3.8) is 0 Å². The van der Waals surface area contributed by atoms with Crippen LogP contribution in [0.5, 0.6) is 0 Å². The van der Waals surface area contributed by atoms with Gasteiger partial charge in [0.15, 0.2) is 5.82 Å². The molecule has 0 fully saturated rings. The van der Waals surface area contributed by atoms with Crippen LogP contribution in [0.25, 0.3) is 5.82 Å². The van der Waals surface area contributed by atoms with Crippen LogP contribution in [-0.2, 0) is 6.42 Å². The highest BCUT2D eigenvalue weighted by Crippen LogP contribution is 2.13. The lowest BCUT2D eigenvalue weighted by Crippen LogP contribution is -2.10. The minimum absolute atomic E-state index is 0.747. The standard InChI is InChI=1S/C13H20N6/c1-5-7-14-12-8-13(17-11(6-2)16-12)19-10(4)15-9(3)18-19/h8H,5-7H2,1-4H3,(H,14,16,17). The highest BCUT2D eigenvalue weighted by molar-refractivity contribution is 5.41. The number of nitrogens with one attached hydrogen (secondary N) is 1. The molecule has 1 N–H and O–H groups in total. The summed E-state index contributed by atoms with van der Waals surface area (Å²) in [6.07, 6.45) is 1.85. The Kier molecular flexibility index (Phi) is 4.09. The van der Waals surface area contributed by atoms with Gasteiger partial charge < -0.3 is 5.32 Å². The van der Waals surface area contributed by atoms with Gasteiger partial charge in [0.25, 0.3) is 0 Å².